The fraction of sp³-hybridized carbons (Fsp3) is 0. The van der Waals surface area contributed by atoms with Crippen LogP contribution in [0.4, 0.5) is 11.4 Å². The molecule has 0 heterocycles. The maximum absolute atomic E-state index is 12.4. The lowest BCUT2D eigenvalue weighted by Crippen LogP contribution is -2.15. The van der Waals surface area contributed by atoms with Gasteiger partial charge in [-0.3, -0.25) is 4.72 Å². The third-order valence-electron chi connectivity index (χ3n) is 2.57. The lowest BCUT2D eigenvalue weighted by Gasteiger charge is -2.12. The molecule has 3 N–H and O–H groups in total. The van der Waals surface area contributed by atoms with Crippen molar-refractivity contribution in [2.24, 2.45) is 0 Å². The summed E-state index contributed by atoms with van der Waals surface area (Å²) in [6.07, 6.45) is 0. The highest BCUT2D eigenvalue weighted by Crippen LogP contribution is 2.32. The van der Waals surface area contributed by atoms with Crippen LogP contribution in [0.3, 0.4) is 0 Å². The molecule has 0 radical (unpaired) electrons. The third kappa shape index (κ3) is 3.56. The molecule has 0 spiro atoms. The minimum Gasteiger partial charge on any atom is -0.398 e. The van der Waals surface area contributed by atoms with Crippen LogP contribution in [0, 0.1) is 11.3 Å². The van der Waals surface area contributed by atoms with E-state index in [-0.39, 0.29) is 10.6 Å². The number of sulfonamides is 1. The van der Waals surface area contributed by atoms with E-state index in [4.69, 9.17) is 11.0 Å². The smallest absolute Gasteiger partial charge is 0.265 e. The predicted octanol–water partition coefficient (Wildman–Crippen LogP) is 3.47. The Morgan fingerprint density at radius 3 is 2.29 bits per heavy atom. The number of nitrogens with one attached hydrogen (secondary N) is 1. The van der Waals surface area contributed by atoms with Gasteiger partial charge in [0, 0.05) is 14.6 Å². The normalized spacial score (nSPS) is 10.9. The van der Waals surface area contributed by atoms with E-state index in [0.717, 1.165) is 0 Å². The Balaban J connectivity index is 2.41. The summed E-state index contributed by atoms with van der Waals surface area (Å²) >= 11 is 6.44. The second kappa shape index (κ2) is 6.05. The summed E-state index contributed by atoms with van der Waals surface area (Å²) in [5.74, 6) is 0. The van der Waals surface area contributed by atoms with Crippen LogP contribution in [-0.4, -0.2) is 8.42 Å². The van der Waals surface area contributed by atoms with Crippen LogP contribution in [0.1, 0.15) is 5.56 Å². The monoisotopic (exact) mass is 429 g/mol. The molecule has 0 aliphatic carbocycles. The van der Waals surface area contributed by atoms with Gasteiger partial charge in [-0.2, -0.15) is 5.26 Å². The van der Waals surface area contributed by atoms with Crippen molar-refractivity contribution in [3.8, 4) is 6.07 Å². The maximum Gasteiger partial charge on any atom is 0.265 e. The minimum absolute atomic E-state index is 0.0324. The van der Waals surface area contributed by atoms with Gasteiger partial charge in [0.15, 0.2) is 0 Å². The minimum atomic E-state index is -3.84. The first-order valence-corrected chi connectivity index (χ1v) is 8.68. The largest absolute Gasteiger partial charge is 0.398 e. The van der Waals surface area contributed by atoms with Gasteiger partial charge in [-0.25, -0.2) is 8.42 Å². The molecule has 0 bridgehead atoms. The van der Waals surface area contributed by atoms with Crippen molar-refractivity contribution in [2.75, 3.05) is 10.5 Å². The molecule has 0 aliphatic rings. The molecule has 0 saturated heterocycles. The van der Waals surface area contributed by atoms with Crippen LogP contribution in [0.25, 0.3) is 0 Å². The van der Waals surface area contributed by atoms with E-state index < -0.39 is 10.0 Å². The summed E-state index contributed by atoms with van der Waals surface area (Å²) in [6.45, 7) is 0. The van der Waals surface area contributed by atoms with Gasteiger partial charge in [0.2, 0.25) is 0 Å². The number of rotatable bonds is 3. The number of halogens is 2. The standard InChI is InChI=1S/C13H9Br2N3O2S/c14-9-5-11(15)13(12(17)6-9)21(19,20)18-10-3-1-8(7-16)2-4-10/h1-6,18H,17H2. The Bertz CT molecular complexity index is 804. The molecule has 2 aromatic rings. The highest BCUT2D eigenvalue weighted by Gasteiger charge is 2.21. The average molecular weight is 431 g/mol. The summed E-state index contributed by atoms with van der Waals surface area (Å²) in [7, 11) is -3.84. The molecule has 108 valence electrons. The van der Waals surface area contributed by atoms with Crippen molar-refractivity contribution in [2.45, 2.75) is 4.90 Å². The van der Waals surface area contributed by atoms with E-state index in [9.17, 15) is 8.42 Å². The molecule has 0 aliphatic heterocycles. The molecular weight excluding hydrogens is 422 g/mol. The Morgan fingerprint density at radius 1 is 1.14 bits per heavy atom. The molecule has 0 fully saturated rings. The molecule has 0 saturated carbocycles. The lowest BCUT2D eigenvalue weighted by atomic mass is 10.2. The van der Waals surface area contributed by atoms with Gasteiger partial charge >= 0.3 is 0 Å². The lowest BCUT2D eigenvalue weighted by molar-refractivity contribution is 0.601. The van der Waals surface area contributed by atoms with Gasteiger partial charge in [-0.1, -0.05) is 15.9 Å². The zero-order valence-electron chi connectivity index (χ0n) is 10.5. The second-order valence-electron chi connectivity index (χ2n) is 4.10. The second-order valence-corrected chi connectivity index (χ2v) is 7.49. The number of hydrogen-bond donors (Lipinski definition) is 2. The van der Waals surface area contributed by atoms with E-state index in [1.54, 1.807) is 6.07 Å². The summed E-state index contributed by atoms with van der Waals surface area (Å²) in [6, 6.07) is 11.2. The van der Waals surface area contributed by atoms with Gasteiger partial charge in [-0.15, -0.1) is 0 Å². The number of nitrogens with two attached hydrogens (primary N) is 1. The number of hydrogen-bond acceptors (Lipinski definition) is 4. The summed E-state index contributed by atoms with van der Waals surface area (Å²) in [5, 5.41) is 8.72. The van der Waals surface area contributed by atoms with Crippen molar-refractivity contribution in [3.63, 3.8) is 0 Å². The van der Waals surface area contributed by atoms with Crippen LogP contribution >= 0.6 is 31.9 Å². The first kappa shape index (κ1) is 15.8. The third-order valence-corrected chi connectivity index (χ3v) is 5.42. The van der Waals surface area contributed by atoms with E-state index in [2.05, 4.69) is 36.6 Å². The van der Waals surface area contributed by atoms with Crippen molar-refractivity contribution in [1.82, 2.24) is 0 Å². The zero-order chi connectivity index (χ0) is 15.6. The summed E-state index contributed by atoms with van der Waals surface area (Å²) in [4.78, 5) is -0.0324. The molecule has 0 aromatic heterocycles. The Kier molecular flexibility index (Phi) is 4.56. The van der Waals surface area contributed by atoms with Crippen molar-refractivity contribution in [1.29, 1.82) is 5.26 Å². The molecule has 8 heteroatoms. The van der Waals surface area contributed by atoms with Crippen LogP contribution in [0.2, 0.25) is 0 Å². The van der Waals surface area contributed by atoms with Gasteiger partial charge in [0.1, 0.15) is 4.90 Å². The molecule has 21 heavy (non-hydrogen) atoms. The van der Waals surface area contributed by atoms with Crippen LogP contribution < -0.4 is 10.5 Å². The zero-order valence-corrected chi connectivity index (χ0v) is 14.5. The average Bonchev–Trinajstić information content (AvgIpc) is 2.37. The van der Waals surface area contributed by atoms with E-state index in [1.807, 2.05) is 6.07 Å². The van der Waals surface area contributed by atoms with Crippen molar-refractivity contribution in [3.05, 3.63) is 50.9 Å². The predicted molar refractivity (Wildman–Crippen MR) is 88.2 cm³/mol. The van der Waals surface area contributed by atoms with E-state index in [1.165, 1.54) is 30.3 Å². The van der Waals surface area contributed by atoms with E-state index in [0.29, 0.717) is 20.2 Å². The van der Waals surface area contributed by atoms with E-state index >= 15 is 0 Å². The number of benzene rings is 2. The van der Waals surface area contributed by atoms with Gasteiger partial charge in [0.25, 0.3) is 10.0 Å². The number of anilines is 2. The molecular formula is C13H9Br2N3O2S. The van der Waals surface area contributed by atoms with Gasteiger partial charge in [-0.05, 0) is 52.3 Å². The number of nitrogen functional groups attached to an aromatic ring is 1. The molecule has 0 amide bonds. The van der Waals surface area contributed by atoms with Gasteiger partial charge in [0.05, 0.1) is 17.3 Å². The van der Waals surface area contributed by atoms with Crippen molar-refractivity contribution < 1.29 is 8.42 Å². The Morgan fingerprint density at radius 2 is 1.76 bits per heavy atom. The summed E-state index contributed by atoms with van der Waals surface area (Å²) in [5.41, 5.74) is 6.70. The van der Waals surface area contributed by atoms with Crippen LogP contribution in [0.5, 0.6) is 0 Å². The topological polar surface area (TPSA) is 96.0 Å². The summed E-state index contributed by atoms with van der Waals surface area (Å²) < 4.78 is 28.3. The van der Waals surface area contributed by atoms with Gasteiger partial charge < -0.3 is 5.73 Å². The van der Waals surface area contributed by atoms with Crippen molar-refractivity contribution >= 4 is 53.3 Å². The molecule has 5 nitrogen and oxygen atoms in total. The molecule has 2 rings (SSSR count). The number of nitrogens with zero attached hydrogens (tertiary/aromatic N) is 1. The fourth-order valence-electron chi connectivity index (χ4n) is 1.68. The Labute approximate surface area is 139 Å². The van der Waals surface area contributed by atoms with Crippen LogP contribution in [-0.2, 0) is 10.0 Å². The SMILES string of the molecule is N#Cc1ccc(NS(=O)(=O)c2c(N)cc(Br)cc2Br)cc1. The highest BCUT2D eigenvalue weighted by molar-refractivity contribution is 9.11. The molecule has 2 aromatic carbocycles. The maximum atomic E-state index is 12.4. The highest BCUT2D eigenvalue weighted by atomic mass is 79.9. The van der Waals surface area contributed by atoms with Crippen LogP contribution in [0.15, 0.2) is 50.2 Å². The molecule has 0 unspecified atom stereocenters. The number of nitriles is 1. The first-order valence-electron chi connectivity index (χ1n) is 5.61. The Hall–Kier alpha value is -1.56. The molecule has 0 atom stereocenters. The first-order chi connectivity index (χ1) is 9.83. The fourth-order valence-corrected chi connectivity index (χ4v) is 4.81. The quantitative estimate of drug-likeness (QED) is 0.728.